The Bertz CT molecular complexity index is 765. The minimum atomic E-state index is -0.587. The molecular formula is C24H35FN2O4. The highest BCUT2D eigenvalue weighted by molar-refractivity contribution is 5.89. The molecule has 1 saturated heterocycles. The Hall–Kier alpha value is -2.44. The Balaban J connectivity index is 2.02. The lowest BCUT2D eigenvalue weighted by atomic mass is 9.78. The SMILES string of the molecule is CCOC(=O)C[C@H](c1ccc(F)cc1)C1CCN(C(=O)[C@@H](C)NC(=O)C(C)(C)C)CC1. The normalized spacial score (nSPS) is 17.0. The topological polar surface area (TPSA) is 75.7 Å². The van der Waals surface area contributed by atoms with Crippen LogP contribution in [0.5, 0.6) is 0 Å². The molecule has 1 fully saturated rings. The second kappa shape index (κ2) is 10.7. The first-order valence-electron chi connectivity index (χ1n) is 11.0. The van der Waals surface area contributed by atoms with Crippen LogP contribution in [0.25, 0.3) is 0 Å². The van der Waals surface area contributed by atoms with Crippen molar-refractivity contribution < 1.29 is 23.5 Å². The summed E-state index contributed by atoms with van der Waals surface area (Å²) in [5.41, 5.74) is 0.349. The molecule has 0 spiro atoms. The number of carbonyl (C=O) groups is 3. The number of esters is 1. The van der Waals surface area contributed by atoms with E-state index in [1.807, 2.05) is 20.8 Å². The molecule has 2 rings (SSSR count). The minimum Gasteiger partial charge on any atom is -0.466 e. The van der Waals surface area contributed by atoms with Crippen molar-refractivity contribution in [1.82, 2.24) is 10.2 Å². The molecule has 6 nitrogen and oxygen atoms in total. The first-order valence-corrected chi connectivity index (χ1v) is 11.0. The van der Waals surface area contributed by atoms with E-state index in [1.165, 1.54) is 12.1 Å². The average molecular weight is 435 g/mol. The summed E-state index contributed by atoms with van der Waals surface area (Å²) in [6.45, 7) is 10.3. The molecule has 1 aliphatic rings. The van der Waals surface area contributed by atoms with Gasteiger partial charge in [0.05, 0.1) is 13.0 Å². The summed E-state index contributed by atoms with van der Waals surface area (Å²) < 4.78 is 18.5. The van der Waals surface area contributed by atoms with E-state index in [1.54, 1.807) is 30.9 Å². The Morgan fingerprint density at radius 1 is 1.16 bits per heavy atom. The van der Waals surface area contributed by atoms with Crippen molar-refractivity contribution in [2.75, 3.05) is 19.7 Å². The zero-order chi connectivity index (χ0) is 23.2. The molecule has 0 aliphatic carbocycles. The lowest BCUT2D eigenvalue weighted by Crippen LogP contribution is -2.51. The van der Waals surface area contributed by atoms with Crippen molar-refractivity contribution in [2.45, 2.75) is 65.8 Å². The van der Waals surface area contributed by atoms with Crippen LogP contribution >= 0.6 is 0 Å². The molecule has 0 aromatic heterocycles. The molecule has 172 valence electrons. The van der Waals surface area contributed by atoms with Gasteiger partial charge in [-0.05, 0) is 56.2 Å². The molecule has 1 aliphatic heterocycles. The number of hydrogen-bond acceptors (Lipinski definition) is 4. The van der Waals surface area contributed by atoms with E-state index in [4.69, 9.17) is 4.74 Å². The summed E-state index contributed by atoms with van der Waals surface area (Å²) in [6, 6.07) is 5.68. The third-order valence-electron chi connectivity index (χ3n) is 5.81. The van der Waals surface area contributed by atoms with Gasteiger partial charge in [-0.15, -0.1) is 0 Å². The molecule has 0 saturated carbocycles. The zero-order valence-electron chi connectivity index (χ0n) is 19.2. The van der Waals surface area contributed by atoms with Crippen LogP contribution in [0.3, 0.4) is 0 Å². The second-order valence-corrected chi connectivity index (χ2v) is 9.28. The number of rotatable bonds is 7. The summed E-state index contributed by atoms with van der Waals surface area (Å²) in [5, 5.41) is 2.80. The van der Waals surface area contributed by atoms with Gasteiger partial charge in [0.2, 0.25) is 11.8 Å². The largest absolute Gasteiger partial charge is 0.466 e. The predicted molar refractivity (Wildman–Crippen MR) is 117 cm³/mol. The number of hydrogen-bond donors (Lipinski definition) is 1. The van der Waals surface area contributed by atoms with Gasteiger partial charge in [0, 0.05) is 18.5 Å². The van der Waals surface area contributed by atoms with Crippen molar-refractivity contribution in [1.29, 1.82) is 0 Å². The summed E-state index contributed by atoms with van der Waals surface area (Å²) >= 11 is 0. The van der Waals surface area contributed by atoms with Crippen LogP contribution in [-0.4, -0.2) is 48.4 Å². The third-order valence-corrected chi connectivity index (χ3v) is 5.81. The van der Waals surface area contributed by atoms with Gasteiger partial charge in [0.15, 0.2) is 0 Å². The number of piperidine rings is 1. The standard InChI is InChI=1S/C24H35FN2O4/c1-6-31-21(28)15-20(17-7-9-19(25)10-8-17)18-11-13-27(14-12-18)22(29)16(2)26-23(30)24(3,4)5/h7-10,16,18,20H,6,11-15H2,1-5H3,(H,26,30)/t16-,20-/m1/s1. The fourth-order valence-corrected chi connectivity index (χ4v) is 3.94. The molecule has 31 heavy (non-hydrogen) atoms. The van der Waals surface area contributed by atoms with Crippen molar-refractivity contribution in [3.05, 3.63) is 35.6 Å². The fraction of sp³-hybridized carbons (Fsp3) is 0.625. The van der Waals surface area contributed by atoms with Gasteiger partial charge in [-0.25, -0.2) is 4.39 Å². The molecule has 1 aromatic carbocycles. The van der Waals surface area contributed by atoms with Crippen LogP contribution in [0, 0.1) is 17.2 Å². The van der Waals surface area contributed by atoms with Crippen LogP contribution in [0.1, 0.15) is 65.4 Å². The number of ether oxygens (including phenoxy) is 1. The maximum atomic E-state index is 13.4. The fourth-order valence-electron chi connectivity index (χ4n) is 3.94. The van der Waals surface area contributed by atoms with E-state index in [2.05, 4.69) is 5.32 Å². The summed E-state index contributed by atoms with van der Waals surface area (Å²) in [6.07, 6.45) is 1.69. The maximum absolute atomic E-state index is 13.4. The Kier molecular flexibility index (Phi) is 8.60. The number of carbonyl (C=O) groups excluding carboxylic acids is 3. The van der Waals surface area contributed by atoms with Gasteiger partial charge in [0.25, 0.3) is 0 Å². The average Bonchev–Trinajstić information content (AvgIpc) is 2.72. The first-order chi connectivity index (χ1) is 14.5. The van der Waals surface area contributed by atoms with E-state index in [9.17, 15) is 18.8 Å². The minimum absolute atomic E-state index is 0.0880. The molecule has 0 radical (unpaired) electrons. The lowest BCUT2D eigenvalue weighted by Gasteiger charge is -2.37. The van der Waals surface area contributed by atoms with Gasteiger partial charge < -0.3 is 15.0 Å². The maximum Gasteiger partial charge on any atom is 0.306 e. The van der Waals surface area contributed by atoms with Crippen molar-refractivity contribution >= 4 is 17.8 Å². The second-order valence-electron chi connectivity index (χ2n) is 9.28. The van der Waals surface area contributed by atoms with Crippen LogP contribution in [0.15, 0.2) is 24.3 Å². The van der Waals surface area contributed by atoms with Crippen LogP contribution < -0.4 is 5.32 Å². The monoisotopic (exact) mass is 434 g/mol. The summed E-state index contributed by atoms with van der Waals surface area (Å²) in [4.78, 5) is 38.9. The molecule has 1 N–H and O–H groups in total. The Labute approximate surface area is 184 Å². The summed E-state index contributed by atoms with van der Waals surface area (Å²) in [5.74, 6) is -0.749. The number of likely N-dealkylation sites (tertiary alicyclic amines) is 1. The van der Waals surface area contributed by atoms with E-state index >= 15 is 0 Å². The van der Waals surface area contributed by atoms with Crippen molar-refractivity contribution in [2.24, 2.45) is 11.3 Å². The van der Waals surface area contributed by atoms with Gasteiger partial charge in [0.1, 0.15) is 11.9 Å². The highest BCUT2D eigenvalue weighted by Gasteiger charge is 2.33. The molecular weight excluding hydrogens is 399 g/mol. The van der Waals surface area contributed by atoms with Gasteiger partial charge in [-0.2, -0.15) is 0 Å². The van der Waals surface area contributed by atoms with E-state index in [-0.39, 0.29) is 41.9 Å². The van der Waals surface area contributed by atoms with Gasteiger partial charge in [-0.3, -0.25) is 14.4 Å². The highest BCUT2D eigenvalue weighted by Crippen LogP contribution is 2.36. The summed E-state index contributed by atoms with van der Waals surface area (Å²) in [7, 11) is 0. The van der Waals surface area contributed by atoms with E-state index in [0.29, 0.717) is 19.7 Å². The van der Waals surface area contributed by atoms with Crippen LogP contribution in [0.2, 0.25) is 0 Å². The molecule has 2 atom stereocenters. The quantitative estimate of drug-likeness (QED) is 0.665. The zero-order valence-corrected chi connectivity index (χ0v) is 19.2. The molecule has 0 bridgehead atoms. The van der Waals surface area contributed by atoms with Crippen LogP contribution in [-0.2, 0) is 19.1 Å². The Morgan fingerprint density at radius 2 is 1.74 bits per heavy atom. The molecule has 7 heteroatoms. The van der Waals surface area contributed by atoms with Gasteiger partial charge in [-0.1, -0.05) is 32.9 Å². The Morgan fingerprint density at radius 3 is 2.26 bits per heavy atom. The van der Waals surface area contributed by atoms with E-state index in [0.717, 1.165) is 18.4 Å². The molecule has 2 amide bonds. The molecule has 1 heterocycles. The molecule has 1 aromatic rings. The number of nitrogens with one attached hydrogen (secondary N) is 1. The lowest BCUT2D eigenvalue weighted by molar-refractivity contribution is -0.144. The predicted octanol–water partition coefficient (Wildman–Crippen LogP) is 3.65. The number of amides is 2. The number of benzene rings is 1. The smallest absolute Gasteiger partial charge is 0.306 e. The molecule has 0 unspecified atom stereocenters. The van der Waals surface area contributed by atoms with Gasteiger partial charge >= 0.3 is 5.97 Å². The number of nitrogens with zero attached hydrogens (tertiary/aromatic N) is 1. The van der Waals surface area contributed by atoms with E-state index < -0.39 is 11.5 Å². The first kappa shape index (κ1) is 24.8. The van der Waals surface area contributed by atoms with Crippen molar-refractivity contribution in [3.8, 4) is 0 Å². The number of halogens is 1. The van der Waals surface area contributed by atoms with Crippen molar-refractivity contribution in [3.63, 3.8) is 0 Å². The third kappa shape index (κ3) is 7.04. The highest BCUT2D eigenvalue weighted by atomic mass is 19.1. The van der Waals surface area contributed by atoms with Crippen LogP contribution in [0.4, 0.5) is 4.39 Å².